The molecule has 0 aromatic heterocycles. The third-order valence-corrected chi connectivity index (χ3v) is 2.23. The molecule has 3 nitrogen and oxygen atoms in total. The molecule has 3 heteroatoms. The summed E-state index contributed by atoms with van der Waals surface area (Å²) in [5, 5.41) is 3.34. The second-order valence-corrected chi connectivity index (χ2v) is 4.12. The SMILES string of the molecule is C=CCN1CC(C)(C)NCCC1=O. The molecule has 1 aliphatic heterocycles. The molecule has 0 aromatic rings. The van der Waals surface area contributed by atoms with Crippen molar-refractivity contribution in [2.45, 2.75) is 25.8 Å². The molecule has 0 aromatic carbocycles. The van der Waals surface area contributed by atoms with Crippen LogP contribution in [0.2, 0.25) is 0 Å². The minimum atomic E-state index is 0.0230. The van der Waals surface area contributed by atoms with Crippen LogP contribution in [0.25, 0.3) is 0 Å². The fraction of sp³-hybridized carbons (Fsp3) is 0.700. The quantitative estimate of drug-likeness (QED) is 0.640. The summed E-state index contributed by atoms with van der Waals surface area (Å²) in [6.07, 6.45) is 2.37. The topological polar surface area (TPSA) is 32.3 Å². The molecular weight excluding hydrogens is 164 g/mol. The van der Waals surface area contributed by atoms with Crippen molar-refractivity contribution in [2.75, 3.05) is 19.6 Å². The highest BCUT2D eigenvalue weighted by Gasteiger charge is 2.26. The lowest BCUT2D eigenvalue weighted by Gasteiger charge is -2.29. The molecular formula is C10H18N2O. The lowest BCUT2D eigenvalue weighted by molar-refractivity contribution is -0.130. The highest BCUT2D eigenvalue weighted by Crippen LogP contribution is 2.10. The van der Waals surface area contributed by atoms with Crippen LogP contribution in [0.4, 0.5) is 0 Å². The van der Waals surface area contributed by atoms with Gasteiger partial charge in [-0.3, -0.25) is 4.79 Å². The third kappa shape index (κ3) is 2.84. The van der Waals surface area contributed by atoms with Gasteiger partial charge in [0.25, 0.3) is 0 Å². The number of nitrogens with zero attached hydrogens (tertiary/aromatic N) is 1. The number of hydrogen-bond acceptors (Lipinski definition) is 2. The molecule has 1 amide bonds. The first-order chi connectivity index (χ1) is 6.05. The molecule has 0 spiro atoms. The normalized spacial score (nSPS) is 22.6. The summed E-state index contributed by atoms with van der Waals surface area (Å²) in [7, 11) is 0. The molecule has 1 rings (SSSR count). The van der Waals surface area contributed by atoms with Gasteiger partial charge in [-0.1, -0.05) is 6.08 Å². The van der Waals surface area contributed by atoms with Crippen LogP contribution in [0.15, 0.2) is 12.7 Å². The molecule has 0 aliphatic carbocycles. The van der Waals surface area contributed by atoms with E-state index in [1.165, 1.54) is 0 Å². The molecule has 0 unspecified atom stereocenters. The summed E-state index contributed by atoms with van der Waals surface area (Å²) in [6.45, 7) is 10.1. The summed E-state index contributed by atoms with van der Waals surface area (Å²) in [4.78, 5) is 13.4. The average Bonchev–Trinajstić information content (AvgIpc) is 2.12. The Kier molecular flexibility index (Phi) is 3.09. The predicted molar refractivity (Wildman–Crippen MR) is 53.5 cm³/mol. The lowest BCUT2D eigenvalue weighted by atomic mass is 10.1. The Labute approximate surface area is 79.8 Å². The van der Waals surface area contributed by atoms with E-state index in [1.54, 1.807) is 6.08 Å². The smallest absolute Gasteiger partial charge is 0.224 e. The van der Waals surface area contributed by atoms with Crippen molar-refractivity contribution >= 4 is 5.91 Å². The Bertz CT molecular complexity index is 211. The van der Waals surface area contributed by atoms with Crippen LogP contribution < -0.4 is 5.32 Å². The van der Waals surface area contributed by atoms with E-state index in [0.29, 0.717) is 13.0 Å². The largest absolute Gasteiger partial charge is 0.337 e. The Hall–Kier alpha value is -0.830. The van der Waals surface area contributed by atoms with Gasteiger partial charge in [0.15, 0.2) is 0 Å². The molecule has 1 heterocycles. The first kappa shape index (κ1) is 10.3. The van der Waals surface area contributed by atoms with E-state index in [0.717, 1.165) is 13.1 Å². The van der Waals surface area contributed by atoms with E-state index >= 15 is 0 Å². The zero-order valence-corrected chi connectivity index (χ0v) is 8.47. The summed E-state index contributed by atoms with van der Waals surface area (Å²) >= 11 is 0. The van der Waals surface area contributed by atoms with Crippen molar-refractivity contribution in [1.29, 1.82) is 0 Å². The molecule has 0 saturated carbocycles. The second-order valence-electron chi connectivity index (χ2n) is 4.12. The maximum absolute atomic E-state index is 11.5. The van der Waals surface area contributed by atoms with Gasteiger partial charge in [0.1, 0.15) is 0 Å². The van der Waals surface area contributed by atoms with Crippen molar-refractivity contribution in [1.82, 2.24) is 10.2 Å². The number of carbonyl (C=O) groups is 1. The second kappa shape index (κ2) is 3.92. The van der Waals surface area contributed by atoms with Crippen molar-refractivity contribution < 1.29 is 4.79 Å². The van der Waals surface area contributed by atoms with Crippen LogP contribution >= 0.6 is 0 Å². The minimum Gasteiger partial charge on any atom is -0.337 e. The molecule has 1 fully saturated rings. The van der Waals surface area contributed by atoms with Crippen LogP contribution in [0.1, 0.15) is 20.3 Å². The first-order valence-electron chi connectivity index (χ1n) is 4.69. The van der Waals surface area contributed by atoms with E-state index in [9.17, 15) is 4.79 Å². The van der Waals surface area contributed by atoms with E-state index < -0.39 is 0 Å². The standard InChI is InChI=1S/C10H18N2O/c1-4-7-12-8-10(2,3)11-6-5-9(12)13/h4,11H,1,5-8H2,2-3H3. The molecule has 0 atom stereocenters. The Morgan fingerprint density at radius 3 is 3.00 bits per heavy atom. The van der Waals surface area contributed by atoms with E-state index in [-0.39, 0.29) is 11.4 Å². The Morgan fingerprint density at radius 1 is 1.69 bits per heavy atom. The first-order valence-corrected chi connectivity index (χ1v) is 4.69. The van der Waals surface area contributed by atoms with E-state index in [1.807, 2.05) is 4.90 Å². The molecule has 74 valence electrons. The van der Waals surface area contributed by atoms with Gasteiger partial charge in [-0.2, -0.15) is 0 Å². The Morgan fingerprint density at radius 2 is 2.38 bits per heavy atom. The Balaban J connectivity index is 2.67. The van der Waals surface area contributed by atoms with Gasteiger partial charge in [0.2, 0.25) is 5.91 Å². The van der Waals surface area contributed by atoms with Crippen LogP contribution in [0.3, 0.4) is 0 Å². The van der Waals surface area contributed by atoms with Crippen molar-refractivity contribution in [3.63, 3.8) is 0 Å². The maximum Gasteiger partial charge on any atom is 0.224 e. The highest BCUT2D eigenvalue weighted by atomic mass is 16.2. The van der Waals surface area contributed by atoms with Crippen LogP contribution in [-0.2, 0) is 4.79 Å². The lowest BCUT2D eigenvalue weighted by Crippen LogP contribution is -2.47. The van der Waals surface area contributed by atoms with Gasteiger partial charge in [-0.05, 0) is 13.8 Å². The van der Waals surface area contributed by atoms with Crippen molar-refractivity contribution in [2.24, 2.45) is 0 Å². The molecule has 1 aliphatic rings. The van der Waals surface area contributed by atoms with Gasteiger partial charge in [-0.25, -0.2) is 0 Å². The van der Waals surface area contributed by atoms with E-state index in [4.69, 9.17) is 0 Å². The van der Waals surface area contributed by atoms with Gasteiger partial charge >= 0.3 is 0 Å². The fourth-order valence-electron chi connectivity index (χ4n) is 1.61. The van der Waals surface area contributed by atoms with Crippen LogP contribution in [-0.4, -0.2) is 36.0 Å². The third-order valence-electron chi connectivity index (χ3n) is 2.23. The van der Waals surface area contributed by atoms with Crippen molar-refractivity contribution in [3.05, 3.63) is 12.7 Å². The van der Waals surface area contributed by atoms with Gasteiger partial charge < -0.3 is 10.2 Å². The molecule has 1 N–H and O–H groups in total. The molecule has 1 saturated heterocycles. The fourth-order valence-corrected chi connectivity index (χ4v) is 1.61. The highest BCUT2D eigenvalue weighted by molar-refractivity contribution is 5.77. The monoisotopic (exact) mass is 182 g/mol. The number of nitrogens with one attached hydrogen (secondary N) is 1. The van der Waals surface area contributed by atoms with Gasteiger partial charge in [0, 0.05) is 31.6 Å². The number of rotatable bonds is 2. The van der Waals surface area contributed by atoms with Crippen molar-refractivity contribution in [3.8, 4) is 0 Å². The molecule has 13 heavy (non-hydrogen) atoms. The van der Waals surface area contributed by atoms with Gasteiger partial charge in [-0.15, -0.1) is 6.58 Å². The number of hydrogen-bond donors (Lipinski definition) is 1. The number of carbonyl (C=O) groups excluding carboxylic acids is 1. The maximum atomic E-state index is 11.5. The summed E-state index contributed by atoms with van der Waals surface area (Å²) in [5.74, 6) is 0.220. The zero-order valence-electron chi connectivity index (χ0n) is 8.47. The van der Waals surface area contributed by atoms with Gasteiger partial charge in [0.05, 0.1) is 0 Å². The summed E-state index contributed by atoms with van der Waals surface area (Å²) < 4.78 is 0. The number of amides is 1. The minimum absolute atomic E-state index is 0.0230. The molecule has 0 radical (unpaired) electrons. The molecule has 0 bridgehead atoms. The summed E-state index contributed by atoms with van der Waals surface area (Å²) in [6, 6.07) is 0. The predicted octanol–water partition coefficient (Wildman–Crippen LogP) is 0.773. The van der Waals surface area contributed by atoms with E-state index in [2.05, 4.69) is 25.7 Å². The van der Waals surface area contributed by atoms with Crippen LogP contribution in [0.5, 0.6) is 0 Å². The van der Waals surface area contributed by atoms with Crippen LogP contribution in [0, 0.1) is 0 Å². The zero-order chi connectivity index (χ0) is 9.90. The average molecular weight is 182 g/mol. The summed E-state index contributed by atoms with van der Waals surface area (Å²) in [5.41, 5.74) is 0.0230.